The number of hydrogen-bond donors (Lipinski definition) is 2. The molecule has 0 bridgehead atoms. The average Bonchev–Trinajstić information content (AvgIpc) is 2.52. The topological polar surface area (TPSA) is 62.0 Å². The molecule has 2 rings (SSSR count). The van der Waals surface area contributed by atoms with Gasteiger partial charge in [-0.1, -0.05) is 37.6 Å². The van der Waals surface area contributed by atoms with Gasteiger partial charge in [0.25, 0.3) is 5.91 Å². The molecule has 4 nitrogen and oxygen atoms in total. The summed E-state index contributed by atoms with van der Waals surface area (Å²) in [5.74, 6) is -0.211. The van der Waals surface area contributed by atoms with E-state index >= 15 is 0 Å². The number of aryl methyl sites for hydroxylation is 3. The maximum Gasteiger partial charge on any atom is 0.252 e. The van der Waals surface area contributed by atoms with Gasteiger partial charge in [0.1, 0.15) is 0 Å². The van der Waals surface area contributed by atoms with Crippen LogP contribution in [0.1, 0.15) is 59.1 Å². The summed E-state index contributed by atoms with van der Waals surface area (Å²) in [6, 6.07) is 9.27. The van der Waals surface area contributed by atoms with Gasteiger partial charge < -0.3 is 10.3 Å². The fourth-order valence-corrected chi connectivity index (χ4v) is 2.78. The Labute approximate surface area is 137 Å². The highest BCUT2D eigenvalue weighted by molar-refractivity contribution is 5.94. The quantitative estimate of drug-likeness (QED) is 0.888. The molecule has 1 aromatic heterocycles. The van der Waals surface area contributed by atoms with Crippen molar-refractivity contribution in [2.24, 2.45) is 0 Å². The zero-order valence-corrected chi connectivity index (χ0v) is 14.2. The van der Waals surface area contributed by atoms with Crippen LogP contribution in [0.3, 0.4) is 0 Å². The Morgan fingerprint density at radius 3 is 2.52 bits per heavy atom. The molecule has 0 fully saturated rings. The Morgan fingerprint density at radius 1 is 1.17 bits per heavy atom. The average molecular weight is 312 g/mol. The van der Waals surface area contributed by atoms with Gasteiger partial charge in [0, 0.05) is 17.3 Å². The largest absolute Gasteiger partial charge is 0.345 e. The van der Waals surface area contributed by atoms with Gasteiger partial charge in [-0.15, -0.1) is 0 Å². The van der Waals surface area contributed by atoms with Crippen LogP contribution in [-0.4, -0.2) is 10.9 Å². The lowest BCUT2D eigenvalue weighted by molar-refractivity contribution is 0.0935. The van der Waals surface area contributed by atoms with Gasteiger partial charge in [-0.3, -0.25) is 9.59 Å². The van der Waals surface area contributed by atoms with E-state index in [4.69, 9.17) is 0 Å². The molecule has 23 heavy (non-hydrogen) atoms. The molecule has 0 spiro atoms. The maximum absolute atomic E-state index is 12.5. The number of hydrogen-bond acceptors (Lipinski definition) is 2. The molecule has 1 atom stereocenters. The monoisotopic (exact) mass is 312 g/mol. The Morgan fingerprint density at radius 2 is 1.91 bits per heavy atom. The van der Waals surface area contributed by atoms with E-state index in [2.05, 4.69) is 42.3 Å². The zero-order valence-electron chi connectivity index (χ0n) is 14.2. The van der Waals surface area contributed by atoms with Gasteiger partial charge in [0.15, 0.2) is 0 Å². The molecule has 0 saturated heterocycles. The van der Waals surface area contributed by atoms with Gasteiger partial charge >= 0.3 is 0 Å². The highest BCUT2D eigenvalue weighted by Gasteiger charge is 2.16. The van der Waals surface area contributed by atoms with Gasteiger partial charge in [0.2, 0.25) is 5.56 Å². The fraction of sp³-hybridized carbons (Fsp3) is 0.368. The van der Waals surface area contributed by atoms with Crippen molar-refractivity contribution in [2.45, 2.75) is 46.6 Å². The first-order chi connectivity index (χ1) is 10.9. The number of aromatic nitrogens is 1. The Kier molecular flexibility index (Phi) is 5.37. The number of amides is 1. The van der Waals surface area contributed by atoms with Crippen molar-refractivity contribution in [1.29, 1.82) is 0 Å². The second-order valence-electron chi connectivity index (χ2n) is 5.91. The molecular weight excluding hydrogens is 288 g/mol. The number of benzene rings is 1. The third kappa shape index (κ3) is 4.09. The summed E-state index contributed by atoms with van der Waals surface area (Å²) >= 11 is 0. The van der Waals surface area contributed by atoms with Crippen LogP contribution in [0.4, 0.5) is 0 Å². The molecule has 122 valence electrons. The predicted octanol–water partition coefficient (Wildman–Crippen LogP) is 3.44. The number of pyridine rings is 1. The van der Waals surface area contributed by atoms with E-state index in [0.717, 1.165) is 23.2 Å². The number of rotatable bonds is 5. The second-order valence-corrected chi connectivity index (χ2v) is 5.91. The summed E-state index contributed by atoms with van der Waals surface area (Å²) in [6.07, 6.45) is 1.48. The molecule has 0 saturated carbocycles. The molecule has 0 aliphatic rings. The van der Waals surface area contributed by atoms with Gasteiger partial charge in [-0.05, 0) is 43.9 Å². The number of carbonyl (C=O) groups is 1. The zero-order chi connectivity index (χ0) is 17.0. The van der Waals surface area contributed by atoms with Crippen LogP contribution in [0.25, 0.3) is 0 Å². The summed E-state index contributed by atoms with van der Waals surface area (Å²) < 4.78 is 0. The van der Waals surface area contributed by atoms with Gasteiger partial charge in [-0.25, -0.2) is 0 Å². The van der Waals surface area contributed by atoms with Crippen LogP contribution >= 0.6 is 0 Å². The minimum atomic E-state index is -0.242. The first-order valence-electron chi connectivity index (χ1n) is 8.05. The second kappa shape index (κ2) is 7.27. The van der Waals surface area contributed by atoms with Crippen molar-refractivity contribution in [3.8, 4) is 0 Å². The van der Waals surface area contributed by atoms with Crippen LogP contribution < -0.4 is 10.9 Å². The lowest BCUT2D eigenvalue weighted by atomic mass is 9.97. The van der Waals surface area contributed by atoms with E-state index in [-0.39, 0.29) is 17.5 Å². The van der Waals surface area contributed by atoms with E-state index in [1.54, 1.807) is 6.07 Å². The molecular formula is C19H24N2O2. The smallest absolute Gasteiger partial charge is 0.252 e. The van der Waals surface area contributed by atoms with Crippen LogP contribution in [0.15, 0.2) is 35.1 Å². The normalized spacial score (nSPS) is 12.0. The van der Waals surface area contributed by atoms with Crippen LogP contribution in [0.5, 0.6) is 0 Å². The Hall–Kier alpha value is -2.36. The van der Waals surface area contributed by atoms with E-state index in [1.807, 2.05) is 13.8 Å². The molecule has 2 N–H and O–H groups in total. The van der Waals surface area contributed by atoms with Crippen molar-refractivity contribution in [3.63, 3.8) is 0 Å². The minimum absolute atomic E-state index is 0.0625. The molecule has 0 aliphatic carbocycles. The highest BCUT2D eigenvalue weighted by Crippen LogP contribution is 2.22. The van der Waals surface area contributed by atoms with Crippen molar-refractivity contribution >= 4 is 5.91 Å². The van der Waals surface area contributed by atoms with Crippen molar-refractivity contribution < 1.29 is 4.79 Å². The fourth-order valence-electron chi connectivity index (χ4n) is 2.78. The summed E-state index contributed by atoms with van der Waals surface area (Å²) in [6.45, 7) is 8.09. The molecule has 1 aromatic carbocycles. The standard InChI is InChI=1S/C19H24N2O2/c1-5-15-10-14(11-18(22)20-15)19(23)21-17(6-2)16-8-7-12(3)9-13(16)4/h7-11,17H,5-6H2,1-4H3,(H,20,22)(H,21,23)/t17-/m1/s1. The number of aromatic amines is 1. The van der Waals surface area contributed by atoms with E-state index in [0.29, 0.717) is 12.0 Å². The molecule has 0 radical (unpaired) electrons. The van der Waals surface area contributed by atoms with Crippen LogP contribution in [0.2, 0.25) is 0 Å². The first-order valence-corrected chi connectivity index (χ1v) is 8.05. The summed E-state index contributed by atoms with van der Waals surface area (Å²) in [5.41, 5.74) is 4.42. The van der Waals surface area contributed by atoms with Crippen molar-refractivity contribution in [1.82, 2.24) is 10.3 Å². The van der Waals surface area contributed by atoms with E-state index in [1.165, 1.54) is 11.6 Å². The molecule has 4 heteroatoms. The minimum Gasteiger partial charge on any atom is -0.345 e. The number of carbonyl (C=O) groups excluding carboxylic acids is 1. The third-order valence-electron chi connectivity index (χ3n) is 4.06. The Balaban J connectivity index is 2.26. The van der Waals surface area contributed by atoms with Gasteiger partial charge in [-0.2, -0.15) is 0 Å². The maximum atomic E-state index is 12.5. The van der Waals surface area contributed by atoms with E-state index < -0.39 is 0 Å². The SMILES string of the molecule is CCc1cc(C(=O)N[C@H](CC)c2ccc(C)cc2C)cc(=O)[nH]1. The lowest BCUT2D eigenvalue weighted by Crippen LogP contribution is -2.29. The molecule has 0 unspecified atom stereocenters. The lowest BCUT2D eigenvalue weighted by Gasteiger charge is -2.20. The number of H-pyrrole nitrogens is 1. The first kappa shape index (κ1) is 17.0. The van der Waals surface area contributed by atoms with Crippen LogP contribution in [-0.2, 0) is 6.42 Å². The summed E-state index contributed by atoms with van der Waals surface area (Å²) in [5, 5.41) is 3.05. The van der Waals surface area contributed by atoms with E-state index in [9.17, 15) is 9.59 Å². The van der Waals surface area contributed by atoms with Crippen LogP contribution in [0, 0.1) is 13.8 Å². The highest BCUT2D eigenvalue weighted by atomic mass is 16.2. The third-order valence-corrected chi connectivity index (χ3v) is 4.06. The molecule has 0 aliphatic heterocycles. The molecule has 1 amide bonds. The van der Waals surface area contributed by atoms with Crippen molar-refractivity contribution in [2.75, 3.05) is 0 Å². The summed E-state index contributed by atoms with van der Waals surface area (Å²) in [7, 11) is 0. The Bertz CT molecular complexity index is 762. The predicted molar refractivity (Wildman–Crippen MR) is 92.9 cm³/mol. The van der Waals surface area contributed by atoms with Gasteiger partial charge in [0.05, 0.1) is 6.04 Å². The molecule has 1 heterocycles. The summed E-state index contributed by atoms with van der Waals surface area (Å²) in [4.78, 5) is 26.9. The number of nitrogens with one attached hydrogen (secondary N) is 2. The van der Waals surface area contributed by atoms with Crippen molar-refractivity contribution in [3.05, 3.63) is 68.6 Å². The molecule has 2 aromatic rings.